The summed E-state index contributed by atoms with van der Waals surface area (Å²) in [5.41, 5.74) is 0.847. The molecule has 0 radical (unpaired) electrons. The minimum atomic E-state index is -0.270. The van der Waals surface area contributed by atoms with Crippen LogP contribution in [0.15, 0.2) is 29.6 Å². The van der Waals surface area contributed by atoms with E-state index in [0.717, 1.165) is 12.1 Å². The topological polar surface area (TPSA) is 71.5 Å². The summed E-state index contributed by atoms with van der Waals surface area (Å²) >= 11 is 7.20. The summed E-state index contributed by atoms with van der Waals surface area (Å²) < 4.78 is 5.52. The second kappa shape index (κ2) is 10.3. The van der Waals surface area contributed by atoms with Crippen LogP contribution in [0.4, 0.5) is 5.13 Å². The van der Waals surface area contributed by atoms with Crippen molar-refractivity contribution in [2.24, 2.45) is 5.92 Å². The van der Waals surface area contributed by atoms with Gasteiger partial charge in [0.2, 0.25) is 5.91 Å². The maximum Gasteiger partial charge on any atom is 0.260 e. The number of halogens is 1. The molecule has 2 rings (SSSR count). The molecule has 8 heteroatoms. The summed E-state index contributed by atoms with van der Waals surface area (Å²) in [7, 11) is 0. The fourth-order valence-corrected chi connectivity index (χ4v) is 3.05. The molecular weight excluding hydrogens is 386 g/mol. The number of carbonyl (C=O) groups excluding carboxylic acids is 2. The molecule has 0 aliphatic carbocycles. The van der Waals surface area contributed by atoms with Crippen molar-refractivity contribution in [1.82, 2.24) is 9.88 Å². The van der Waals surface area contributed by atoms with Gasteiger partial charge in [-0.05, 0) is 43.5 Å². The maximum absolute atomic E-state index is 12.6. The van der Waals surface area contributed by atoms with Crippen molar-refractivity contribution in [1.29, 1.82) is 0 Å². The molecular formula is C19H24ClN3O3S. The largest absolute Gasteiger partial charge is 0.484 e. The molecule has 6 nitrogen and oxygen atoms in total. The van der Waals surface area contributed by atoms with E-state index in [1.54, 1.807) is 24.3 Å². The Hall–Kier alpha value is -2.12. The molecule has 0 aliphatic rings. The van der Waals surface area contributed by atoms with Gasteiger partial charge in [-0.1, -0.05) is 25.4 Å². The Labute approximate surface area is 168 Å². The van der Waals surface area contributed by atoms with Crippen LogP contribution in [0.2, 0.25) is 5.02 Å². The zero-order valence-corrected chi connectivity index (χ0v) is 17.3. The number of carbonyl (C=O) groups is 2. The van der Waals surface area contributed by atoms with Crippen LogP contribution < -0.4 is 10.1 Å². The number of amides is 2. The fraction of sp³-hybridized carbons (Fsp3) is 0.421. The van der Waals surface area contributed by atoms with Gasteiger partial charge >= 0.3 is 0 Å². The molecule has 0 fully saturated rings. The average molecular weight is 410 g/mol. The van der Waals surface area contributed by atoms with Gasteiger partial charge in [-0.25, -0.2) is 4.98 Å². The molecule has 146 valence electrons. The molecule has 0 aliphatic heterocycles. The molecule has 0 saturated heterocycles. The van der Waals surface area contributed by atoms with Gasteiger partial charge in [-0.3, -0.25) is 9.59 Å². The number of anilines is 1. The third-order valence-corrected chi connectivity index (χ3v) is 4.83. The first-order valence-corrected chi connectivity index (χ1v) is 9.97. The summed E-state index contributed by atoms with van der Waals surface area (Å²) in [6.45, 7) is 6.33. The van der Waals surface area contributed by atoms with Gasteiger partial charge in [-0.2, -0.15) is 0 Å². The Morgan fingerprint density at radius 1 is 1.30 bits per heavy atom. The second-order valence-electron chi connectivity index (χ2n) is 6.58. The lowest BCUT2D eigenvalue weighted by Gasteiger charge is -2.23. The molecule has 2 aromatic rings. The summed E-state index contributed by atoms with van der Waals surface area (Å²) in [5, 5.41) is 5.73. The van der Waals surface area contributed by atoms with Crippen molar-refractivity contribution in [2.75, 3.05) is 25.0 Å². The summed E-state index contributed by atoms with van der Waals surface area (Å²) in [6, 6.07) is 6.79. The number of aryl methyl sites for hydroxylation is 1. The van der Waals surface area contributed by atoms with Gasteiger partial charge < -0.3 is 15.0 Å². The number of hydrogen-bond acceptors (Lipinski definition) is 5. The number of nitrogens with zero attached hydrogens (tertiary/aromatic N) is 2. The molecule has 27 heavy (non-hydrogen) atoms. The number of hydrogen-bond donors (Lipinski definition) is 1. The Morgan fingerprint density at radius 3 is 2.59 bits per heavy atom. The minimum Gasteiger partial charge on any atom is -0.484 e. The van der Waals surface area contributed by atoms with Crippen LogP contribution in [-0.4, -0.2) is 41.4 Å². The number of benzene rings is 1. The van der Waals surface area contributed by atoms with Crippen molar-refractivity contribution in [3.05, 3.63) is 40.4 Å². The zero-order chi connectivity index (χ0) is 19.8. The van der Waals surface area contributed by atoms with E-state index in [2.05, 4.69) is 24.1 Å². The molecule has 0 atom stereocenters. The van der Waals surface area contributed by atoms with Crippen LogP contribution in [0.25, 0.3) is 0 Å². The van der Waals surface area contributed by atoms with Gasteiger partial charge in [-0.15, -0.1) is 11.3 Å². The van der Waals surface area contributed by atoms with Crippen LogP contribution in [0.1, 0.15) is 26.0 Å². The van der Waals surface area contributed by atoms with Crippen molar-refractivity contribution >= 4 is 39.9 Å². The Kier molecular flexibility index (Phi) is 8.06. The number of ether oxygens (including phenoxy) is 1. The first-order chi connectivity index (χ1) is 12.8. The predicted molar refractivity (Wildman–Crippen MR) is 108 cm³/mol. The van der Waals surface area contributed by atoms with Crippen molar-refractivity contribution in [3.63, 3.8) is 0 Å². The van der Waals surface area contributed by atoms with Crippen LogP contribution in [0.3, 0.4) is 0 Å². The van der Waals surface area contributed by atoms with Crippen LogP contribution in [-0.2, 0) is 9.59 Å². The lowest BCUT2D eigenvalue weighted by molar-refractivity contribution is -0.136. The van der Waals surface area contributed by atoms with Gasteiger partial charge in [0.05, 0.1) is 5.69 Å². The van der Waals surface area contributed by atoms with Gasteiger partial charge in [0.25, 0.3) is 5.91 Å². The van der Waals surface area contributed by atoms with E-state index >= 15 is 0 Å². The third kappa shape index (κ3) is 7.56. The van der Waals surface area contributed by atoms with Crippen LogP contribution in [0, 0.1) is 12.8 Å². The highest BCUT2D eigenvalue weighted by molar-refractivity contribution is 7.13. The SMILES string of the molecule is Cc1csc(NC(=O)CN(CCC(C)C)C(=O)COc2ccc(Cl)cc2)n1. The first kappa shape index (κ1) is 21.2. The Balaban J connectivity index is 1.93. The molecule has 0 saturated carbocycles. The van der Waals surface area contributed by atoms with E-state index in [1.165, 1.54) is 16.2 Å². The van der Waals surface area contributed by atoms with Crippen LogP contribution in [0.5, 0.6) is 5.75 Å². The summed E-state index contributed by atoms with van der Waals surface area (Å²) in [4.78, 5) is 30.6. The van der Waals surface area contributed by atoms with E-state index in [0.29, 0.717) is 28.4 Å². The van der Waals surface area contributed by atoms with E-state index in [1.807, 2.05) is 12.3 Å². The smallest absolute Gasteiger partial charge is 0.260 e. The van der Waals surface area contributed by atoms with Gasteiger partial charge in [0, 0.05) is 16.9 Å². The molecule has 0 spiro atoms. The molecule has 1 aromatic heterocycles. The highest BCUT2D eigenvalue weighted by atomic mass is 35.5. The monoisotopic (exact) mass is 409 g/mol. The summed E-state index contributed by atoms with van der Waals surface area (Å²) in [5.74, 6) is 0.463. The van der Waals surface area contributed by atoms with Gasteiger partial charge in [0.15, 0.2) is 11.7 Å². The third-order valence-electron chi connectivity index (χ3n) is 3.70. The molecule has 1 N–H and O–H groups in total. The van der Waals surface area contributed by atoms with E-state index in [-0.39, 0.29) is 25.0 Å². The zero-order valence-electron chi connectivity index (χ0n) is 15.7. The maximum atomic E-state index is 12.6. The lowest BCUT2D eigenvalue weighted by Crippen LogP contribution is -2.41. The van der Waals surface area contributed by atoms with E-state index in [4.69, 9.17) is 16.3 Å². The first-order valence-electron chi connectivity index (χ1n) is 8.71. The predicted octanol–water partition coefficient (Wildman–Crippen LogP) is 4.00. The molecule has 0 bridgehead atoms. The highest BCUT2D eigenvalue weighted by Crippen LogP contribution is 2.16. The fourth-order valence-electron chi connectivity index (χ4n) is 2.22. The minimum absolute atomic E-state index is 0.0336. The lowest BCUT2D eigenvalue weighted by atomic mass is 10.1. The molecule has 1 aromatic carbocycles. The molecule has 2 amide bonds. The number of nitrogens with one attached hydrogen (secondary N) is 1. The molecule has 1 heterocycles. The second-order valence-corrected chi connectivity index (χ2v) is 7.88. The van der Waals surface area contributed by atoms with Crippen molar-refractivity contribution in [3.8, 4) is 5.75 Å². The average Bonchev–Trinajstić information content (AvgIpc) is 3.02. The van der Waals surface area contributed by atoms with E-state index in [9.17, 15) is 9.59 Å². The standard InChI is InChI=1S/C19H24ClN3O3S/c1-13(2)8-9-23(10-17(24)22-19-21-14(3)12-27-19)18(25)11-26-16-6-4-15(20)5-7-16/h4-7,12-13H,8-11H2,1-3H3,(H,21,22,24). The Morgan fingerprint density at radius 2 is 2.00 bits per heavy atom. The van der Waals surface area contributed by atoms with Crippen molar-refractivity contribution in [2.45, 2.75) is 27.2 Å². The molecule has 0 unspecified atom stereocenters. The number of aromatic nitrogens is 1. The normalized spacial score (nSPS) is 10.7. The van der Waals surface area contributed by atoms with Crippen LogP contribution >= 0.6 is 22.9 Å². The van der Waals surface area contributed by atoms with E-state index < -0.39 is 0 Å². The van der Waals surface area contributed by atoms with Crippen molar-refractivity contribution < 1.29 is 14.3 Å². The highest BCUT2D eigenvalue weighted by Gasteiger charge is 2.19. The van der Waals surface area contributed by atoms with Gasteiger partial charge in [0.1, 0.15) is 12.3 Å². The Bertz CT molecular complexity index is 762. The quantitative estimate of drug-likeness (QED) is 0.679. The number of rotatable bonds is 9. The number of thiazole rings is 1. The summed E-state index contributed by atoms with van der Waals surface area (Å²) in [6.07, 6.45) is 0.802.